The average Bonchev–Trinajstić information content (AvgIpc) is 3.26. The van der Waals surface area contributed by atoms with Gasteiger partial charge in [0.05, 0.1) is 10.8 Å². The van der Waals surface area contributed by atoms with Crippen molar-refractivity contribution in [2.24, 2.45) is 4.76 Å². The molecule has 32 heavy (non-hydrogen) atoms. The van der Waals surface area contributed by atoms with Gasteiger partial charge in [-0.05, 0) is 56.0 Å². The quantitative estimate of drug-likeness (QED) is 0.447. The van der Waals surface area contributed by atoms with Crippen LogP contribution in [0.2, 0.25) is 0 Å². The van der Waals surface area contributed by atoms with E-state index in [9.17, 15) is 13.2 Å². The molecule has 1 heterocycles. The summed E-state index contributed by atoms with van der Waals surface area (Å²) < 4.78 is 46.2. The second-order valence-corrected chi connectivity index (χ2v) is 11.1. The van der Waals surface area contributed by atoms with E-state index in [1.165, 1.54) is 17.7 Å². The smallest absolute Gasteiger partial charge is 0.299 e. The Labute approximate surface area is 189 Å². The van der Waals surface area contributed by atoms with Gasteiger partial charge < -0.3 is 0 Å². The maximum atomic E-state index is 13.7. The minimum absolute atomic E-state index is 0.289. The van der Waals surface area contributed by atoms with Gasteiger partial charge in [0.2, 0.25) is 0 Å². The monoisotopic (exact) mass is 458 g/mol. The molecular formula is C26H30F3N2P. The van der Waals surface area contributed by atoms with Crippen molar-refractivity contribution in [3.63, 3.8) is 0 Å². The molecule has 0 aromatic heterocycles. The zero-order valence-corrected chi connectivity index (χ0v) is 19.5. The lowest BCUT2D eigenvalue weighted by Gasteiger charge is -2.44. The van der Waals surface area contributed by atoms with Crippen molar-refractivity contribution in [1.29, 1.82) is 0 Å². The van der Waals surface area contributed by atoms with E-state index in [0.29, 0.717) is 12.0 Å². The summed E-state index contributed by atoms with van der Waals surface area (Å²) in [6, 6.07) is 16.3. The van der Waals surface area contributed by atoms with Crippen LogP contribution in [-0.4, -0.2) is 17.9 Å². The van der Waals surface area contributed by atoms with Crippen LogP contribution >= 0.6 is 8.07 Å². The van der Waals surface area contributed by atoms with Gasteiger partial charge in [-0.1, -0.05) is 60.9 Å². The Kier molecular flexibility index (Phi) is 6.88. The topological polar surface area (TPSA) is 24.4 Å². The number of benzene rings is 2. The molecule has 2 aliphatic rings. The molecule has 0 spiro atoms. The maximum Gasteiger partial charge on any atom is 0.416 e. The standard InChI is InChI=1S/C26H30F3N2P/c1-19-15-20(2)31-32(18-19)25(30-24-13-6-7-14-24,17-21-9-4-3-5-10-21)22-11-8-12-23(16-22)26(27,28)29/h3-5,8-12,15-16,24,30H,6-7,13-14,17-18H2,1-2H3. The highest BCUT2D eigenvalue weighted by atomic mass is 31.1. The number of hydrogen-bond donors (Lipinski definition) is 1. The van der Waals surface area contributed by atoms with E-state index in [4.69, 9.17) is 4.76 Å². The Balaban J connectivity index is 1.88. The van der Waals surface area contributed by atoms with Gasteiger partial charge in [-0.15, -0.1) is 0 Å². The third-order valence-electron chi connectivity index (χ3n) is 6.34. The number of rotatable bonds is 6. The molecule has 2 aromatic rings. The van der Waals surface area contributed by atoms with E-state index >= 15 is 0 Å². The van der Waals surface area contributed by atoms with E-state index < -0.39 is 25.1 Å². The van der Waals surface area contributed by atoms with Gasteiger partial charge in [0.15, 0.2) is 0 Å². The third-order valence-corrected chi connectivity index (χ3v) is 9.12. The number of alkyl halides is 3. The Morgan fingerprint density at radius 1 is 0.969 bits per heavy atom. The Morgan fingerprint density at radius 2 is 1.66 bits per heavy atom. The molecule has 2 aromatic carbocycles. The van der Waals surface area contributed by atoms with Crippen molar-refractivity contribution >= 4 is 13.8 Å². The molecule has 1 N–H and O–H groups in total. The summed E-state index contributed by atoms with van der Waals surface area (Å²) in [5.74, 6) is 0. The molecule has 1 saturated carbocycles. The molecule has 1 fully saturated rings. The summed E-state index contributed by atoms with van der Waals surface area (Å²) in [5, 5.41) is 3.25. The summed E-state index contributed by atoms with van der Waals surface area (Å²) >= 11 is 0. The van der Waals surface area contributed by atoms with Gasteiger partial charge in [-0.3, -0.25) is 10.1 Å². The summed E-state index contributed by atoms with van der Waals surface area (Å²) in [5.41, 5.74) is 3.40. The summed E-state index contributed by atoms with van der Waals surface area (Å²) in [4.78, 5) is 0. The van der Waals surface area contributed by atoms with E-state index in [2.05, 4.69) is 30.4 Å². The Hall–Kier alpha value is -1.97. The van der Waals surface area contributed by atoms with Crippen LogP contribution in [0.1, 0.15) is 56.2 Å². The van der Waals surface area contributed by atoms with Gasteiger partial charge in [-0.2, -0.15) is 13.2 Å². The fourth-order valence-corrected chi connectivity index (χ4v) is 7.56. The summed E-state index contributed by atoms with van der Waals surface area (Å²) in [6.45, 7) is 4.09. The molecule has 170 valence electrons. The zero-order valence-electron chi connectivity index (χ0n) is 18.6. The van der Waals surface area contributed by atoms with Crippen LogP contribution in [0.15, 0.2) is 71.0 Å². The van der Waals surface area contributed by atoms with Crippen LogP contribution < -0.4 is 5.32 Å². The highest BCUT2D eigenvalue weighted by Crippen LogP contribution is 2.60. The van der Waals surface area contributed by atoms with Gasteiger partial charge >= 0.3 is 6.18 Å². The second kappa shape index (κ2) is 9.49. The maximum absolute atomic E-state index is 13.7. The van der Waals surface area contributed by atoms with Crippen molar-refractivity contribution in [1.82, 2.24) is 5.32 Å². The molecular weight excluding hydrogens is 428 g/mol. The lowest BCUT2D eigenvalue weighted by atomic mass is 9.95. The Bertz CT molecular complexity index is 994. The minimum atomic E-state index is -4.38. The van der Waals surface area contributed by atoms with E-state index in [1.807, 2.05) is 31.2 Å². The van der Waals surface area contributed by atoms with Crippen LogP contribution in [0, 0.1) is 0 Å². The fourth-order valence-electron chi connectivity index (χ4n) is 4.92. The van der Waals surface area contributed by atoms with Crippen LogP contribution in [0.25, 0.3) is 0 Å². The largest absolute Gasteiger partial charge is 0.416 e. The van der Waals surface area contributed by atoms with E-state index in [0.717, 1.165) is 43.1 Å². The summed E-state index contributed by atoms with van der Waals surface area (Å²) in [7, 11) is -1.02. The van der Waals surface area contributed by atoms with Crippen LogP contribution in [0.3, 0.4) is 0 Å². The fraction of sp³-hybridized carbons (Fsp3) is 0.423. The zero-order chi connectivity index (χ0) is 22.8. The van der Waals surface area contributed by atoms with Crippen molar-refractivity contribution in [3.05, 3.63) is 82.9 Å². The first-order valence-corrected chi connectivity index (χ1v) is 12.7. The molecule has 0 bridgehead atoms. The number of allylic oxidation sites excluding steroid dienone is 2. The van der Waals surface area contributed by atoms with Crippen molar-refractivity contribution < 1.29 is 13.2 Å². The lowest BCUT2D eigenvalue weighted by Crippen LogP contribution is -2.48. The van der Waals surface area contributed by atoms with E-state index in [1.54, 1.807) is 6.07 Å². The molecule has 2 atom stereocenters. The Morgan fingerprint density at radius 3 is 2.31 bits per heavy atom. The molecule has 0 amide bonds. The second-order valence-electron chi connectivity index (χ2n) is 9.02. The van der Waals surface area contributed by atoms with Gasteiger partial charge in [0.1, 0.15) is 0 Å². The third kappa shape index (κ3) is 5.15. The number of halogens is 3. The van der Waals surface area contributed by atoms with Crippen molar-refractivity contribution in [3.8, 4) is 0 Å². The number of nitrogens with zero attached hydrogens (tertiary/aromatic N) is 1. The first kappa shape index (κ1) is 23.2. The van der Waals surface area contributed by atoms with Crippen LogP contribution in [0.4, 0.5) is 13.2 Å². The molecule has 6 heteroatoms. The highest BCUT2D eigenvalue weighted by Gasteiger charge is 2.44. The average molecular weight is 459 g/mol. The summed E-state index contributed by atoms with van der Waals surface area (Å²) in [6.07, 6.45) is 3.52. The number of hydrogen-bond acceptors (Lipinski definition) is 2. The SMILES string of the molecule is CC1=CC(C)=NP(C(Cc2ccccc2)(NC2CCCC2)c2cccc(C(F)(F)F)c2)C1. The molecule has 2 unspecified atom stereocenters. The van der Waals surface area contributed by atoms with Crippen molar-refractivity contribution in [2.45, 2.75) is 63.4 Å². The molecule has 0 saturated heterocycles. The highest BCUT2D eigenvalue weighted by molar-refractivity contribution is 7.58. The van der Waals surface area contributed by atoms with Crippen LogP contribution in [-0.2, 0) is 17.9 Å². The minimum Gasteiger partial charge on any atom is -0.299 e. The lowest BCUT2D eigenvalue weighted by molar-refractivity contribution is -0.137. The molecule has 1 aliphatic heterocycles. The molecule has 0 radical (unpaired) electrons. The first-order chi connectivity index (χ1) is 15.3. The van der Waals surface area contributed by atoms with Gasteiger partial charge in [-0.25, -0.2) is 0 Å². The van der Waals surface area contributed by atoms with E-state index in [-0.39, 0.29) is 6.04 Å². The van der Waals surface area contributed by atoms with Gasteiger partial charge in [0, 0.05) is 32.4 Å². The normalized spacial score (nSPS) is 21.7. The predicted octanol–water partition coefficient (Wildman–Crippen LogP) is 7.45. The predicted molar refractivity (Wildman–Crippen MR) is 127 cm³/mol. The first-order valence-electron chi connectivity index (χ1n) is 11.3. The van der Waals surface area contributed by atoms with Gasteiger partial charge in [0.25, 0.3) is 0 Å². The number of nitrogens with one attached hydrogen (secondary N) is 1. The van der Waals surface area contributed by atoms with Crippen LogP contribution in [0.5, 0.6) is 0 Å². The molecule has 1 aliphatic carbocycles. The van der Waals surface area contributed by atoms with Crippen molar-refractivity contribution in [2.75, 3.05) is 6.16 Å². The molecule has 4 rings (SSSR count). The molecule has 2 nitrogen and oxygen atoms in total.